The average Bonchev–Trinajstić information content (AvgIpc) is 2.48. The van der Waals surface area contributed by atoms with Crippen molar-refractivity contribution in [3.8, 4) is 6.07 Å². The van der Waals surface area contributed by atoms with Crippen LogP contribution in [-0.4, -0.2) is 24.1 Å². The zero-order valence-electron chi connectivity index (χ0n) is 11.4. The largest absolute Gasteiger partial charge is 0.377 e. The van der Waals surface area contributed by atoms with Gasteiger partial charge in [-0.2, -0.15) is 5.26 Å². The maximum absolute atomic E-state index is 11.1. The number of nitrogens with zero attached hydrogens (tertiary/aromatic N) is 2. The van der Waals surface area contributed by atoms with Crippen molar-refractivity contribution < 1.29 is 4.92 Å². The number of rotatable bonds is 4. The highest BCUT2D eigenvalue weighted by Gasteiger charge is 2.22. The Labute approximate surface area is 117 Å². The topological polar surface area (TPSA) is 91.0 Å². The van der Waals surface area contributed by atoms with Gasteiger partial charge in [-0.25, -0.2) is 0 Å². The van der Waals surface area contributed by atoms with Crippen LogP contribution in [0.2, 0.25) is 0 Å². The van der Waals surface area contributed by atoms with Gasteiger partial charge in [-0.15, -0.1) is 0 Å². The van der Waals surface area contributed by atoms with Gasteiger partial charge in [-0.1, -0.05) is 0 Å². The van der Waals surface area contributed by atoms with Crippen LogP contribution in [0.25, 0.3) is 0 Å². The monoisotopic (exact) mass is 274 g/mol. The van der Waals surface area contributed by atoms with E-state index in [0.717, 1.165) is 25.9 Å². The van der Waals surface area contributed by atoms with Gasteiger partial charge in [0.15, 0.2) is 0 Å². The highest BCUT2D eigenvalue weighted by Crippen LogP contribution is 2.28. The molecule has 1 aliphatic rings. The van der Waals surface area contributed by atoms with Crippen LogP contribution in [0.1, 0.15) is 25.3 Å². The van der Waals surface area contributed by atoms with Crippen molar-refractivity contribution >= 4 is 11.4 Å². The minimum atomic E-state index is -0.449. The molecule has 6 nitrogen and oxygen atoms in total. The maximum atomic E-state index is 11.1. The Hall–Kier alpha value is -2.13. The van der Waals surface area contributed by atoms with Gasteiger partial charge in [0.25, 0.3) is 5.69 Å². The first-order valence-corrected chi connectivity index (χ1v) is 6.77. The minimum absolute atomic E-state index is 0.0420. The van der Waals surface area contributed by atoms with Crippen LogP contribution >= 0.6 is 0 Å². The Balaban J connectivity index is 2.15. The third-order valence-electron chi connectivity index (χ3n) is 3.75. The van der Waals surface area contributed by atoms with Crippen LogP contribution in [0, 0.1) is 27.4 Å². The summed E-state index contributed by atoms with van der Waals surface area (Å²) >= 11 is 0. The van der Waals surface area contributed by atoms with E-state index >= 15 is 0 Å². The first-order valence-electron chi connectivity index (χ1n) is 6.77. The second kappa shape index (κ2) is 6.35. The van der Waals surface area contributed by atoms with Crippen molar-refractivity contribution in [2.45, 2.75) is 25.8 Å². The Morgan fingerprint density at radius 3 is 3.00 bits per heavy atom. The molecule has 1 aliphatic heterocycles. The van der Waals surface area contributed by atoms with Gasteiger partial charge in [0, 0.05) is 12.1 Å². The molecule has 2 unspecified atom stereocenters. The predicted molar refractivity (Wildman–Crippen MR) is 76.5 cm³/mol. The van der Waals surface area contributed by atoms with E-state index < -0.39 is 4.92 Å². The van der Waals surface area contributed by atoms with E-state index in [1.165, 1.54) is 6.07 Å². The number of hydrogen-bond donors (Lipinski definition) is 2. The molecule has 1 saturated heterocycles. The fourth-order valence-electron chi connectivity index (χ4n) is 2.54. The lowest BCUT2D eigenvalue weighted by atomic mass is 9.92. The normalized spacial score (nSPS) is 19.9. The standard InChI is InChI=1S/C14H18N4O2/c1-10(12-3-2-6-16-9-12)17-13-5-4-11(8-15)7-14(13)18(19)20/h4-5,7,10,12,16-17H,2-3,6,9H2,1H3. The van der Waals surface area contributed by atoms with E-state index in [9.17, 15) is 10.1 Å². The lowest BCUT2D eigenvalue weighted by Crippen LogP contribution is -2.38. The van der Waals surface area contributed by atoms with Crippen LogP contribution < -0.4 is 10.6 Å². The van der Waals surface area contributed by atoms with Crippen molar-refractivity contribution in [3.05, 3.63) is 33.9 Å². The number of hydrogen-bond acceptors (Lipinski definition) is 5. The molecule has 106 valence electrons. The SMILES string of the molecule is CC(Nc1ccc(C#N)cc1[N+](=O)[O-])C1CCCNC1. The summed E-state index contributed by atoms with van der Waals surface area (Å²) < 4.78 is 0. The van der Waals surface area contributed by atoms with Gasteiger partial charge < -0.3 is 10.6 Å². The van der Waals surface area contributed by atoms with E-state index in [1.807, 2.05) is 13.0 Å². The third-order valence-corrected chi connectivity index (χ3v) is 3.75. The number of piperidine rings is 1. The van der Waals surface area contributed by atoms with Gasteiger partial charge in [0.05, 0.1) is 16.6 Å². The van der Waals surface area contributed by atoms with Crippen molar-refractivity contribution in [3.63, 3.8) is 0 Å². The predicted octanol–water partition coefficient (Wildman–Crippen LogP) is 2.27. The molecule has 0 aromatic heterocycles. The maximum Gasteiger partial charge on any atom is 0.293 e. The van der Waals surface area contributed by atoms with E-state index in [-0.39, 0.29) is 11.7 Å². The van der Waals surface area contributed by atoms with Crippen LogP contribution in [0.3, 0.4) is 0 Å². The second-order valence-electron chi connectivity index (χ2n) is 5.14. The van der Waals surface area contributed by atoms with E-state index in [2.05, 4.69) is 10.6 Å². The Morgan fingerprint density at radius 1 is 1.60 bits per heavy atom. The van der Waals surface area contributed by atoms with Crippen molar-refractivity contribution in [1.82, 2.24) is 5.32 Å². The number of nitrogens with one attached hydrogen (secondary N) is 2. The Morgan fingerprint density at radius 2 is 2.40 bits per heavy atom. The molecule has 0 saturated carbocycles. The molecule has 2 N–H and O–H groups in total. The van der Waals surface area contributed by atoms with Crippen LogP contribution in [-0.2, 0) is 0 Å². The van der Waals surface area contributed by atoms with E-state index in [4.69, 9.17) is 5.26 Å². The Bertz CT molecular complexity index is 532. The first kappa shape index (κ1) is 14.3. The smallest absolute Gasteiger partial charge is 0.293 e. The summed E-state index contributed by atoms with van der Waals surface area (Å²) in [6, 6.07) is 6.60. The lowest BCUT2D eigenvalue weighted by molar-refractivity contribution is -0.384. The first-order chi connectivity index (χ1) is 9.61. The molecule has 0 bridgehead atoms. The van der Waals surface area contributed by atoms with E-state index in [0.29, 0.717) is 17.2 Å². The summed E-state index contributed by atoms with van der Waals surface area (Å²) in [4.78, 5) is 10.6. The molecule has 0 amide bonds. The molecule has 6 heteroatoms. The molecule has 2 rings (SSSR count). The summed E-state index contributed by atoms with van der Waals surface area (Å²) in [5, 5.41) is 26.5. The van der Waals surface area contributed by atoms with Gasteiger partial charge in [-0.05, 0) is 50.9 Å². The number of nitro groups is 1. The molecule has 2 atom stereocenters. The van der Waals surface area contributed by atoms with E-state index in [1.54, 1.807) is 12.1 Å². The van der Waals surface area contributed by atoms with Crippen molar-refractivity contribution in [1.29, 1.82) is 5.26 Å². The summed E-state index contributed by atoms with van der Waals surface area (Å²) in [7, 11) is 0. The fraction of sp³-hybridized carbons (Fsp3) is 0.500. The molecule has 0 aliphatic carbocycles. The van der Waals surface area contributed by atoms with Gasteiger partial charge in [-0.3, -0.25) is 10.1 Å². The molecule has 1 heterocycles. The van der Waals surface area contributed by atoms with Gasteiger partial charge in [0.1, 0.15) is 5.69 Å². The number of benzene rings is 1. The third kappa shape index (κ3) is 3.25. The lowest BCUT2D eigenvalue weighted by Gasteiger charge is -2.29. The molecule has 20 heavy (non-hydrogen) atoms. The average molecular weight is 274 g/mol. The molecule has 0 spiro atoms. The quantitative estimate of drug-likeness (QED) is 0.649. The van der Waals surface area contributed by atoms with Gasteiger partial charge in [0.2, 0.25) is 0 Å². The zero-order valence-corrected chi connectivity index (χ0v) is 11.4. The summed E-state index contributed by atoms with van der Waals surface area (Å²) in [5.74, 6) is 0.457. The highest BCUT2D eigenvalue weighted by atomic mass is 16.6. The molecule has 1 fully saturated rings. The number of nitriles is 1. The fourth-order valence-corrected chi connectivity index (χ4v) is 2.54. The van der Waals surface area contributed by atoms with Gasteiger partial charge >= 0.3 is 0 Å². The molecule has 0 radical (unpaired) electrons. The molecular weight excluding hydrogens is 256 g/mol. The molecule has 1 aromatic rings. The zero-order chi connectivity index (χ0) is 14.5. The molecular formula is C14H18N4O2. The molecule has 1 aromatic carbocycles. The summed E-state index contributed by atoms with van der Waals surface area (Å²) in [6.45, 7) is 4.01. The Kier molecular flexibility index (Phi) is 4.53. The summed E-state index contributed by atoms with van der Waals surface area (Å²) in [6.07, 6.45) is 2.25. The summed E-state index contributed by atoms with van der Waals surface area (Å²) in [5.41, 5.74) is 0.737. The number of nitro benzene ring substituents is 1. The highest BCUT2D eigenvalue weighted by molar-refractivity contribution is 5.64. The van der Waals surface area contributed by atoms with Crippen LogP contribution in [0.4, 0.5) is 11.4 Å². The number of anilines is 1. The van der Waals surface area contributed by atoms with Crippen LogP contribution in [0.5, 0.6) is 0 Å². The minimum Gasteiger partial charge on any atom is -0.377 e. The van der Waals surface area contributed by atoms with Crippen molar-refractivity contribution in [2.75, 3.05) is 18.4 Å². The van der Waals surface area contributed by atoms with Crippen molar-refractivity contribution in [2.24, 2.45) is 5.92 Å². The van der Waals surface area contributed by atoms with Crippen LogP contribution in [0.15, 0.2) is 18.2 Å². The second-order valence-corrected chi connectivity index (χ2v) is 5.14.